The number of ether oxygens (including phenoxy) is 2. The molecular weight excluding hydrogens is 348 g/mol. The van der Waals surface area contributed by atoms with E-state index in [9.17, 15) is 4.79 Å². The molecule has 0 aliphatic heterocycles. The minimum Gasteiger partial charge on any atom is -0.497 e. The summed E-state index contributed by atoms with van der Waals surface area (Å²) < 4.78 is 11.2. The summed E-state index contributed by atoms with van der Waals surface area (Å²) >= 11 is 0. The van der Waals surface area contributed by atoms with Crippen LogP contribution in [-0.4, -0.2) is 19.2 Å². The van der Waals surface area contributed by atoms with Gasteiger partial charge in [-0.15, -0.1) is 0 Å². The van der Waals surface area contributed by atoms with E-state index in [0.717, 1.165) is 37.9 Å². The van der Waals surface area contributed by atoms with Gasteiger partial charge in [0.05, 0.1) is 7.11 Å². The van der Waals surface area contributed by atoms with Crippen molar-refractivity contribution >= 4 is 5.97 Å². The second kappa shape index (κ2) is 13.6. The summed E-state index contributed by atoms with van der Waals surface area (Å²) in [7, 11) is 1.69. The van der Waals surface area contributed by atoms with E-state index in [-0.39, 0.29) is 12.1 Å². The van der Waals surface area contributed by atoms with Crippen molar-refractivity contribution in [3.63, 3.8) is 0 Å². The molecule has 2 atom stereocenters. The van der Waals surface area contributed by atoms with Crippen LogP contribution in [0.2, 0.25) is 0 Å². The smallest absolute Gasteiger partial charge is 0.306 e. The average Bonchev–Trinajstić information content (AvgIpc) is 2.73. The lowest BCUT2D eigenvalue weighted by atomic mass is 9.81. The number of hydrogen-bond donors (Lipinski definition) is 0. The third-order valence-corrected chi connectivity index (χ3v) is 6.01. The van der Waals surface area contributed by atoms with Crippen molar-refractivity contribution in [1.82, 2.24) is 0 Å². The van der Waals surface area contributed by atoms with Crippen LogP contribution in [-0.2, 0) is 9.53 Å². The fraction of sp³-hybridized carbons (Fsp3) is 0.720. The molecule has 1 aliphatic rings. The van der Waals surface area contributed by atoms with E-state index >= 15 is 0 Å². The van der Waals surface area contributed by atoms with E-state index in [1.165, 1.54) is 56.9 Å². The lowest BCUT2D eigenvalue weighted by molar-refractivity contribution is -0.151. The van der Waals surface area contributed by atoms with E-state index in [4.69, 9.17) is 9.47 Å². The van der Waals surface area contributed by atoms with Gasteiger partial charge in [0, 0.05) is 12.3 Å². The number of hydrogen-bond acceptors (Lipinski definition) is 3. The highest BCUT2D eigenvalue weighted by Gasteiger charge is 2.29. The molecule has 0 bridgehead atoms. The van der Waals surface area contributed by atoms with Crippen LogP contribution < -0.4 is 4.74 Å². The van der Waals surface area contributed by atoms with Crippen molar-refractivity contribution in [2.45, 2.75) is 109 Å². The van der Waals surface area contributed by atoms with E-state index in [0.29, 0.717) is 12.3 Å². The lowest BCUT2D eigenvalue weighted by Crippen LogP contribution is -2.28. The van der Waals surface area contributed by atoms with Gasteiger partial charge in [0.25, 0.3) is 0 Å². The van der Waals surface area contributed by atoms with Crippen molar-refractivity contribution < 1.29 is 14.3 Å². The van der Waals surface area contributed by atoms with Crippen LogP contribution in [0, 0.1) is 0 Å². The van der Waals surface area contributed by atoms with Crippen LogP contribution in [0.4, 0.5) is 0 Å². The topological polar surface area (TPSA) is 35.5 Å². The molecule has 1 aliphatic carbocycles. The highest BCUT2D eigenvalue weighted by molar-refractivity contribution is 5.69. The Labute approximate surface area is 172 Å². The first-order chi connectivity index (χ1) is 13.7. The minimum absolute atomic E-state index is 0.00615. The van der Waals surface area contributed by atoms with Crippen molar-refractivity contribution in [1.29, 1.82) is 0 Å². The maximum absolute atomic E-state index is 12.4. The van der Waals surface area contributed by atoms with E-state index in [1.807, 2.05) is 12.1 Å². The Morgan fingerprint density at radius 1 is 0.893 bits per heavy atom. The van der Waals surface area contributed by atoms with Gasteiger partial charge in [-0.2, -0.15) is 0 Å². The molecule has 1 fully saturated rings. The van der Waals surface area contributed by atoms with Gasteiger partial charge in [0.15, 0.2) is 0 Å². The summed E-state index contributed by atoms with van der Waals surface area (Å²) in [6.45, 7) is 2.26. The molecule has 0 N–H and O–H groups in total. The van der Waals surface area contributed by atoms with E-state index in [2.05, 4.69) is 19.1 Å². The van der Waals surface area contributed by atoms with Crippen LogP contribution in [0.5, 0.6) is 5.75 Å². The second-order valence-electron chi connectivity index (χ2n) is 8.27. The molecule has 158 valence electrons. The highest BCUT2D eigenvalue weighted by Crippen LogP contribution is 2.36. The Hall–Kier alpha value is -1.51. The molecule has 0 aromatic heterocycles. The second-order valence-corrected chi connectivity index (χ2v) is 8.27. The summed E-state index contributed by atoms with van der Waals surface area (Å²) in [6.07, 6.45) is 16.5. The molecule has 1 saturated carbocycles. The number of rotatable bonds is 13. The molecule has 0 amide bonds. The minimum atomic E-state index is -0.00615. The third-order valence-electron chi connectivity index (χ3n) is 6.01. The van der Waals surface area contributed by atoms with Crippen LogP contribution >= 0.6 is 0 Å². The average molecular weight is 389 g/mol. The molecule has 0 spiro atoms. The zero-order chi connectivity index (χ0) is 20.0. The Bertz CT molecular complexity index is 537. The van der Waals surface area contributed by atoms with Crippen molar-refractivity contribution in [2.75, 3.05) is 7.11 Å². The zero-order valence-electron chi connectivity index (χ0n) is 18.1. The van der Waals surface area contributed by atoms with Crippen LogP contribution in [0.25, 0.3) is 0 Å². The Morgan fingerprint density at radius 2 is 1.50 bits per heavy atom. The summed E-state index contributed by atoms with van der Waals surface area (Å²) in [4.78, 5) is 12.4. The number of esters is 1. The number of carbonyl (C=O) groups excluding carboxylic acids is 1. The number of carbonyl (C=O) groups is 1. The summed E-state index contributed by atoms with van der Waals surface area (Å²) in [5, 5.41) is 0. The number of unbranched alkanes of at least 4 members (excludes halogenated alkanes) is 8. The van der Waals surface area contributed by atoms with Crippen LogP contribution in [0.3, 0.4) is 0 Å². The Morgan fingerprint density at radius 3 is 2.14 bits per heavy atom. The van der Waals surface area contributed by atoms with Crippen LogP contribution in [0.15, 0.2) is 24.3 Å². The van der Waals surface area contributed by atoms with Gasteiger partial charge in [0.2, 0.25) is 0 Å². The maximum Gasteiger partial charge on any atom is 0.306 e. The predicted octanol–water partition coefficient (Wildman–Crippen LogP) is 7.19. The zero-order valence-corrected chi connectivity index (χ0v) is 18.1. The molecule has 0 saturated heterocycles. The monoisotopic (exact) mass is 388 g/mol. The lowest BCUT2D eigenvalue weighted by Gasteiger charge is -2.31. The molecule has 0 radical (unpaired) electrons. The molecule has 3 heteroatoms. The fourth-order valence-electron chi connectivity index (χ4n) is 4.28. The van der Waals surface area contributed by atoms with E-state index in [1.54, 1.807) is 7.11 Å². The van der Waals surface area contributed by atoms with Gasteiger partial charge in [-0.05, 0) is 43.4 Å². The van der Waals surface area contributed by atoms with Gasteiger partial charge in [-0.3, -0.25) is 4.79 Å². The molecule has 1 aromatic rings. The predicted molar refractivity (Wildman–Crippen MR) is 116 cm³/mol. The van der Waals surface area contributed by atoms with Gasteiger partial charge in [-0.25, -0.2) is 0 Å². The van der Waals surface area contributed by atoms with Crippen molar-refractivity contribution in [2.24, 2.45) is 0 Å². The molecule has 2 unspecified atom stereocenters. The molecule has 3 nitrogen and oxygen atoms in total. The largest absolute Gasteiger partial charge is 0.497 e. The fourth-order valence-corrected chi connectivity index (χ4v) is 4.28. The highest BCUT2D eigenvalue weighted by atomic mass is 16.5. The van der Waals surface area contributed by atoms with Crippen molar-refractivity contribution in [3.05, 3.63) is 29.8 Å². The molecule has 0 heterocycles. The molecular formula is C25H40O3. The first-order valence-corrected chi connectivity index (χ1v) is 11.6. The van der Waals surface area contributed by atoms with Crippen molar-refractivity contribution in [3.8, 4) is 5.75 Å². The molecule has 28 heavy (non-hydrogen) atoms. The van der Waals surface area contributed by atoms with Crippen LogP contribution in [0.1, 0.15) is 108 Å². The standard InChI is InChI=1S/C25H40O3/c1-3-4-5-6-7-8-9-10-11-16-25(26)28-24-15-13-12-14-23(24)21-17-19-22(27-2)20-18-21/h17-20,23-24H,3-16H2,1-2H3. The first-order valence-electron chi connectivity index (χ1n) is 11.6. The molecule has 1 aromatic carbocycles. The number of benzene rings is 1. The first kappa shape index (κ1) is 22.8. The third kappa shape index (κ3) is 8.24. The summed E-state index contributed by atoms with van der Waals surface area (Å²) in [6, 6.07) is 8.25. The maximum atomic E-state index is 12.4. The Kier molecular flexibility index (Phi) is 11.1. The SMILES string of the molecule is CCCCCCCCCCCC(=O)OC1CCCCC1c1ccc(OC)cc1. The normalized spacial score (nSPS) is 19.4. The summed E-state index contributed by atoms with van der Waals surface area (Å²) in [5.74, 6) is 1.19. The van der Waals surface area contributed by atoms with Gasteiger partial charge < -0.3 is 9.47 Å². The molecule has 2 rings (SSSR count). The van der Waals surface area contributed by atoms with Gasteiger partial charge >= 0.3 is 5.97 Å². The quantitative estimate of drug-likeness (QED) is 0.265. The van der Waals surface area contributed by atoms with E-state index < -0.39 is 0 Å². The Balaban J connectivity index is 1.66. The van der Waals surface area contributed by atoms with Gasteiger partial charge in [-0.1, -0.05) is 76.8 Å². The van der Waals surface area contributed by atoms with Gasteiger partial charge in [0.1, 0.15) is 11.9 Å². The summed E-state index contributed by atoms with van der Waals surface area (Å²) in [5.41, 5.74) is 1.27. The number of methoxy groups -OCH3 is 1.